The molecule has 0 saturated carbocycles. The van der Waals surface area contributed by atoms with Crippen molar-refractivity contribution < 1.29 is 28.6 Å². The van der Waals surface area contributed by atoms with Gasteiger partial charge < -0.3 is 19.5 Å². The standard InChI is InChI=1S/C17H24N2O6/c1-10(2)9-24-13-7-6-12(8-14(13)23-5)16(21)25-11(3)15(20)19-17(22)18-4/h6-8,10-11H,9H2,1-5H3,(H2,18,19,20,22)/t11-/m0/s1. The maximum Gasteiger partial charge on any atom is 0.339 e. The average Bonchev–Trinajstić information content (AvgIpc) is 2.59. The molecule has 0 unspecified atom stereocenters. The number of benzene rings is 1. The minimum Gasteiger partial charge on any atom is -0.493 e. The lowest BCUT2D eigenvalue weighted by Gasteiger charge is -2.15. The highest BCUT2D eigenvalue weighted by Gasteiger charge is 2.21. The number of nitrogens with one attached hydrogen (secondary N) is 2. The Balaban J connectivity index is 2.78. The van der Waals surface area contributed by atoms with Crippen molar-refractivity contribution in [3.05, 3.63) is 23.8 Å². The predicted octanol–water partition coefficient (Wildman–Crippen LogP) is 1.73. The van der Waals surface area contributed by atoms with Crippen molar-refractivity contribution in [1.29, 1.82) is 0 Å². The van der Waals surface area contributed by atoms with Crippen molar-refractivity contribution in [1.82, 2.24) is 10.6 Å². The Labute approximate surface area is 146 Å². The van der Waals surface area contributed by atoms with Gasteiger partial charge in [-0.3, -0.25) is 10.1 Å². The Hall–Kier alpha value is -2.77. The molecule has 1 atom stereocenters. The zero-order chi connectivity index (χ0) is 19.0. The summed E-state index contributed by atoms with van der Waals surface area (Å²) in [5, 5.41) is 4.27. The first-order valence-corrected chi connectivity index (χ1v) is 7.82. The van der Waals surface area contributed by atoms with Gasteiger partial charge in [0, 0.05) is 7.05 Å². The molecule has 8 heteroatoms. The molecule has 0 aromatic heterocycles. The predicted molar refractivity (Wildman–Crippen MR) is 90.8 cm³/mol. The minimum atomic E-state index is -1.13. The zero-order valence-electron chi connectivity index (χ0n) is 15.0. The SMILES string of the molecule is CNC(=O)NC(=O)[C@H](C)OC(=O)c1ccc(OCC(C)C)c(OC)c1. The van der Waals surface area contributed by atoms with E-state index in [2.05, 4.69) is 5.32 Å². The number of carbonyl (C=O) groups excluding carboxylic acids is 3. The second-order valence-electron chi connectivity index (χ2n) is 5.69. The lowest BCUT2D eigenvalue weighted by molar-refractivity contribution is -0.127. The number of amides is 3. The molecule has 3 amide bonds. The quantitative estimate of drug-likeness (QED) is 0.725. The average molecular weight is 352 g/mol. The van der Waals surface area contributed by atoms with Crippen LogP contribution in [0.1, 0.15) is 31.1 Å². The summed E-state index contributed by atoms with van der Waals surface area (Å²) in [5.41, 5.74) is 0.202. The van der Waals surface area contributed by atoms with Gasteiger partial charge in [-0.1, -0.05) is 13.8 Å². The number of esters is 1. The molecule has 1 rings (SSSR count). The van der Waals surface area contributed by atoms with Crippen LogP contribution < -0.4 is 20.1 Å². The molecule has 1 aromatic carbocycles. The van der Waals surface area contributed by atoms with Crippen LogP contribution in [0.2, 0.25) is 0 Å². The van der Waals surface area contributed by atoms with Crippen molar-refractivity contribution in [2.75, 3.05) is 20.8 Å². The fraction of sp³-hybridized carbons (Fsp3) is 0.471. The first kappa shape index (κ1) is 20.3. The number of ether oxygens (including phenoxy) is 3. The number of rotatable bonds is 7. The van der Waals surface area contributed by atoms with E-state index in [4.69, 9.17) is 14.2 Å². The van der Waals surface area contributed by atoms with Crippen LogP contribution in [0.15, 0.2) is 18.2 Å². The smallest absolute Gasteiger partial charge is 0.339 e. The Morgan fingerprint density at radius 1 is 1.12 bits per heavy atom. The molecular weight excluding hydrogens is 328 g/mol. The molecule has 0 aliphatic rings. The number of urea groups is 1. The van der Waals surface area contributed by atoms with E-state index >= 15 is 0 Å². The number of hydrogen-bond donors (Lipinski definition) is 2. The van der Waals surface area contributed by atoms with E-state index in [1.807, 2.05) is 19.2 Å². The fourth-order valence-corrected chi connectivity index (χ4v) is 1.73. The normalized spacial score (nSPS) is 11.4. The van der Waals surface area contributed by atoms with Crippen LogP contribution in [0.25, 0.3) is 0 Å². The van der Waals surface area contributed by atoms with E-state index < -0.39 is 24.0 Å². The summed E-state index contributed by atoms with van der Waals surface area (Å²) in [5.74, 6) is -0.199. The molecular formula is C17H24N2O6. The minimum absolute atomic E-state index is 0.202. The molecule has 0 radical (unpaired) electrons. The maximum atomic E-state index is 12.2. The topological polar surface area (TPSA) is 103 Å². The zero-order valence-corrected chi connectivity index (χ0v) is 15.0. The van der Waals surface area contributed by atoms with E-state index in [9.17, 15) is 14.4 Å². The molecule has 0 aliphatic carbocycles. The molecule has 25 heavy (non-hydrogen) atoms. The maximum absolute atomic E-state index is 12.2. The van der Waals surface area contributed by atoms with Crippen molar-refractivity contribution in [2.45, 2.75) is 26.9 Å². The molecule has 0 saturated heterocycles. The Kier molecular flexibility index (Phi) is 7.71. The lowest BCUT2D eigenvalue weighted by atomic mass is 10.2. The van der Waals surface area contributed by atoms with E-state index in [-0.39, 0.29) is 5.56 Å². The van der Waals surface area contributed by atoms with Gasteiger partial charge in [-0.05, 0) is 31.0 Å². The molecule has 8 nitrogen and oxygen atoms in total. The Morgan fingerprint density at radius 2 is 1.80 bits per heavy atom. The molecule has 2 N–H and O–H groups in total. The van der Waals surface area contributed by atoms with Gasteiger partial charge in [-0.2, -0.15) is 0 Å². The van der Waals surface area contributed by atoms with Crippen molar-refractivity contribution in [3.8, 4) is 11.5 Å². The lowest BCUT2D eigenvalue weighted by Crippen LogP contribution is -2.43. The summed E-state index contributed by atoms with van der Waals surface area (Å²) < 4.78 is 15.9. The van der Waals surface area contributed by atoms with E-state index in [1.54, 1.807) is 6.07 Å². The van der Waals surface area contributed by atoms with E-state index in [0.717, 1.165) is 0 Å². The summed E-state index contributed by atoms with van der Waals surface area (Å²) in [6.45, 7) is 5.91. The first-order chi connectivity index (χ1) is 11.8. The highest BCUT2D eigenvalue weighted by atomic mass is 16.5. The van der Waals surface area contributed by atoms with E-state index in [0.29, 0.717) is 24.0 Å². The summed E-state index contributed by atoms with van der Waals surface area (Å²) >= 11 is 0. The second kappa shape index (κ2) is 9.51. The van der Waals surface area contributed by atoms with Gasteiger partial charge in [-0.25, -0.2) is 9.59 Å². The van der Waals surface area contributed by atoms with Crippen LogP contribution in [0, 0.1) is 5.92 Å². The highest BCUT2D eigenvalue weighted by molar-refractivity contribution is 5.98. The summed E-state index contributed by atoms with van der Waals surface area (Å²) in [4.78, 5) is 35.0. The summed E-state index contributed by atoms with van der Waals surface area (Å²) in [7, 11) is 2.83. The largest absolute Gasteiger partial charge is 0.493 e. The number of carbonyl (C=O) groups is 3. The van der Waals surface area contributed by atoms with Gasteiger partial charge in [-0.15, -0.1) is 0 Å². The van der Waals surface area contributed by atoms with Gasteiger partial charge in [0.05, 0.1) is 19.3 Å². The van der Waals surface area contributed by atoms with Crippen LogP contribution in [0.4, 0.5) is 4.79 Å². The third kappa shape index (κ3) is 6.33. The Bertz CT molecular complexity index is 630. The van der Waals surface area contributed by atoms with Gasteiger partial charge in [0.15, 0.2) is 17.6 Å². The Morgan fingerprint density at radius 3 is 2.36 bits per heavy atom. The first-order valence-electron chi connectivity index (χ1n) is 7.82. The van der Waals surface area contributed by atoms with Crippen molar-refractivity contribution in [3.63, 3.8) is 0 Å². The summed E-state index contributed by atoms with van der Waals surface area (Å²) in [6, 6.07) is 3.92. The molecule has 0 spiro atoms. The highest BCUT2D eigenvalue weighted by Crippen LogP contribution is 2.28. The van der Waals surface area contributed by atoms with Crippen LogP contribution >= 0.6 is 0 Å². The van der Waals surface area contributed by atoms with Crippen LogP contribution in [-0.2, 0) is 9.53 Å². The summed E-state index contributed by atoms with van der Waals surface area (Å²) in [6.07, 6.45) is -1.13. The number of hydrogen-bond acceptors (Lipinski definition) is 6. The van der Waals surface area contributed by atoms with Gasteiger partial charge >= 0.3 is 12.0 Å². The van der Waals surface area contributed by atoms with E-state index in [1.165, 1.54) is 33.2 Å². The fourth-order valence-electron chi connectivity index (χ4n) is 1.73. The van der Waals surface area contributed by atoms with Crippen LogP contribution in [0.5, 0.6) is 11.5 Å². The van der Waals surface area contributed by atoms with Crippen molar-refractivity contribution >= 4 is 17.9 Å². The van der Waals surface area contributed by atoms with Crippen LogP contribution in [0.3, 0.4) is 0 Å². The molecule has 0 aliphatic heterocycles. The van der Waals surface area contributed by atoms with Gasteiger partial charge in [0.1, 0.15) is 0 Å². The van der Waals surface area contributed by atoms with Crippen LogP contribution in [-0.4, -0.2) is 44.8 Å². The molecule has 138 valence electrons. The number of imide groups is 1. The molecule has 1 aromatic rings. The monoisotopic (exact) mass is 352 g/mol. The van der Waals surface area contributed by atoms with Gasteiger partial charge in [0.25, 0.3) is 5.91 Å². The third-order valence-corrected chi connectivity index (χ3v) is 3.09. The molecule has 0 bridgehead atoms. The second-order valence-corrected chi connectivity index (χ2v) is 5.69. The van der Waals surface area contributed by atoms with Crippen molar-refractivity contribution in [2.24, 2.45) is 5.92 Å². The third-order valence-electron chi connectivity index (χ3n) is 3.09. The number of methoxy groups -OCH3 is 1. The molecule has 0 heterocycles. The molecule has 0 fully saturated rings. The van der Waals surface area contributed by atoms with Gasteiger partial charge in [0.2, 0.25) is 0 Å².